The van der Waals surface area contributed by atoms with Crippen LogP contribution in [-0.4, -0.2) is 46.4 Å². The monoisotopic (exact) mass is 249 g/mol. The van der Waals surface area contributed by atoms with E-state index in [1.807, 2.05) is 24.1 Å². The van der Waals surface area contributed by atoms with Crippen LogP contribution in [0.2, 0.25) is 0 Å². The molecule has 1 aromatic rings. The molecule has 2 atom stereocenters. The Hall–Kier alpha value is -1.56. The molecule has 3 rings (SSSR count). The topological polar surface area (TPSA) is 68.7 Å². The second kappa shape index (κ2) is 4.61. The molecule has 2 aliphatic heterocycles. The van der Waals surface area contributed by atoms with Crippen molar-refractivity contribution >= 4 is 5.96 Å². The van der Waals surface area contributed by atoms with Crippen molar-refractivity contribution in [1.29, 1.82) is 0 Å². The molecule has 0 aliphatic carbocycles. The summed E-state index contributed by atoms with van der Waals surface area (Å²) in [5.74, 6) is 0.624. The number of aromatic nitrogens is 2. The Morgan fingerprint density at radius 3 is 3.11 bits per heavy atom. The molecule has 6 heteroatoms. The molecular weight excluding hydrogens is 230 g/mol. The number of hydrogen-bond acceptors (Lipinski definition) is 5. The van der Waals surface area contributed by atoms with Crippen molar-refractivity contribution in [2.24, 2.45) is 17.8 Å². The maximum Gasteiger partial charge on any atom is 0.192 e. The number of nitrogens with zero attached hydrogens (tertiary/aromatic N) is 4. The number of hydrogen-bond donors (Lipinski definition) is 1. The number of aliphatic imine (C=N–C) groups is 1. The highest BCUT2D eigenvalue weighted by atomic mass is 16.5. The maximum absolute atomic E-state index is 5.98. The molecule has 98 valence electrons. The molecule has 1 saturated heterocycles. The van der Waals surface area contributed by atoms with E-state index in [-0.39, 0.29) is 12.1 Å². The van der Waals surface area contributed by atoms with Crippen LogP contribution in [0.4, 0.5) is 0 Å². The summed E-state index contributed by atoms with van der Waals surface area (Å²) in [6.45, 7) is 2.41. The maximum atomic E-state index is 5.98. The molecular formula is C12H19N5O. The fraction of sp³-hybridized carbons (Fsp3) is 0.667. The molecule has 2 unspecified atom stereocenters. The summed E-state index contributed by atoms with van der Waals surface area (Å²) >= 11 is 0. The van der Waals surface area contributed by atoms with Gasteiger partial charge in [0.25, 0.3) is 0 Å². The van der Waals surface area contributed by atoms with Crippen molar-refractivity contribution < 1.29 is 4.74 Å². The van der Waals surface area contributed by atoms with Gasteiger partial charge in [0, 0.05) is 32.0 Å². The number of aryl methyl sites for hydroxylation is 1. The third kappa shape index (κ3) is 2.08. The average Bonchev–Trinajstić information content (AvgIpc) is 3.04. The van der Waals surface area contributed by atoms with Gasteiger partial charge in [-0.25, -0.2) is 0 Å². The number of rotatable bonds is 3. The summed E-state index contributed by atoms with van der Waals surface area (Å²) in [7, 11) is 1.92. The molecule has 0 spiro atoms. The van der Waals surface area contributed by atoms with Crippen LogP contribution in [-0.2, 0) is 11.8 Å². The molecule has 18 heavy (non-hydrogen) atoms. The Labute approximate surface area is 106 Å². The molecule has 2 aliphatic rings. The zero-order valence-corrected chi connectivity index (χ0v) is 10.6. The zero-order chi connectivity index (χ0) is 12.5. The highest BCUT2D eigenvalue weighted by Gasteiger charge is 2.31. The normalized spacial score (nSPS) is 27.8. The van der Waals surface area contributed by atoms with Gasteiger partial charge in [-0.1, -0.05) is 0 Å². The van der Waals surface area contributed by atoms with Crippen molar-refractivity contribution in [3.8, 4) is 0 Å². The lowest BCUT2D eigenvalue weighted by atomic mass is 10.1. The van der Waals surface area contributed by atoms with Gasteiger partial charge in [0.05, 0.1) is 24.9 Å². The van der Waals surface area contributed by atoms with E-state index in [4.69, 9.17) is 10.5 Å². The molecule has 2 N–H and O–H groups in total. The quantitative estimate of drug-likeness (QED) is 0.835. The van der Waals surface area contributed by atoms with Gasteiger partial charge in [-0.3, -0.25) is 9.67 Å². The number of ether oxygens (including phenoxy) is 1. The van der Waals surface area contributed by atoms with E-state index >= 15 is 0 Å². The molecule has 0 saturated carbocycles. The third-order valence-corrected chi connectivity index (χ3v) is 3.63. The molecule has 3 heterocycles. The minimum Gasteiger partial charge on any atom is -0.376 e. The van der Waals surface area contributed by atoms with Gasteiger partial charge < -0.3 is 15.4 Å². The summed E-state index contributed by atoms with van der Waals surface area (Å²) in [4.78, 5) is 6.50. The van der Waals surface area contributed by atoms with Crippen LogP contribution in [0, 0.1) is 0 Å². The van der Waals surface area contributed by atoms with E-state index < -0.39 is 0 Å². The Morgan fingerprint density at radius 2 is 2.44 bits per heavy atom. The van der Waals surface area contributed by atoms with Crippen LogP contribution < -0.4 is 5.73 Å². The van der Waals surface area contributed by atoms with Gasteiger partial charge in [-0.05, 0) is 12.8 Å². The zero-order valence-electron chi connectivity index (χ0n) is 10.6. The lowest BCUT2D eigenvalue weighted by Gasteiger charge is -2.27. The van der Waals surface area contributed by atoms with Crippen molar-refractivity contribution in [2.75, 3.05) is 19.7 Å². The van der Waals surface area contributed by atoms with Gasteiger partial charge in [0.15, 0.2) is 5.96 Å². The van der Waals surface area contributed by atoms with E-state index in [2.05, 4.69) is 15.0 Å². The van der Waals surface area contributed by atoms with E-state index in [1.165, 1.54) is 5.56 Å². The predicted molar refractivity (Wildman–Crippen MR) is 68.1 cm³/mol. The van der Waals surface area contributed by atoms with Crippen LogP contribution in [0.1, 0.15) is 24.4 Å². The van der Waals surface area contributed by atoms with Crippen LogP contribution in [0.5, 0.6) is 0 Å². The summed E-state index contributed by atoms with van der Waals surface area (Å²) < 4.78 is 7.49. The Morgan fingerprint density at radius 1 is 1.56 bits per heavy atom. The first kappa shape index (κ1) is 11.5. The first-order valence-electron chi connectivity index (χ1n) is 6.41. The van der Waals surface area contributed by atoms with Crippen LogP contribution in [0.25, 0.3) is 0 Å². The molecule has 0 bridgehead atoms. The summed E-state index contributed by atoms with van der Waals surface area (Å²) in [5.41, 5.74) is 7.15. The van der Waals surface area contributed by atoms with Crippen LogP contribution in [0.3, 0.4) is 0 Å². The number of guanidine groups is 1. The summed E-state index contributed by atoms with van der Waals surface area (Å²) in [5, 5.41) is 4.22. The minimum absolute atomic E-state index is 0.211. The standard InChI is InChI=1S/C12H19N5O/c1-16-7-9(5-15-16)11-6-14-12(13)17(11)8-10-3-2-4-18-10/h5,7,10-11H,2-4,6,8H2,1H3,(H2,13,14). The van der Waals surface area contributed by atoms with Gasteiger partial charge in [-0.2, -0.15) is 5.10 Å². The lowest BCUT2D eigenvalue weighted by molar-refractivity contribution is 0.0853. The van der Waals surface area contributed by atoms with Crippen molar-refractivity contribution in [2.45, 2.75) is 25.0 Å². The Bertz CT molecular complexity index is 449. The molecule has 0 amide bonds. The van der Waals surface area contributed by atoms with Crippen molar-refractivity contribution in [3.63, 3.8) is 0 Å². The average molecular weight is 249 g/mol. The van der Waals surface area contributed by atoms with E-state index in [0.717, 1.165) is 26.0 Å². The second-order valence-corrected chi connectivity index (χ2v) is 4.95. The van der Waals surface area contributed by atoms with Crippen LogP contribution >= 0.6 is 0 Å². The smallest absolute Gasteiger partial charge is 0.192 e. The van der Waals surface area contributed by atoms with E-state index in [1.54, 1.807) is 0 Å². The van der Waals surface area contributed by atoms with Gasteiger partial charge in [-0.15, -0.1) is 0 Å². The Kier molecular flexibility index (Phi) is 2.95. The number of nitrogens with two attached hydrogens (primary N) is 1. The summed E-state index contributed by atoms with van der Waals surface area (Å²) in [6, 6.07) is 0.211. The Balaban J connectivity index is 1.74. The SMILES string of the molecule is Cn1cc(C2CN=C(N)N2CC2CCCO2)cn1. The first-order chi connectivity index (χ1) is 8.74. The first-order valence-corrected chi connectivity index (χ1v) is 6.41. The van der Waals surface area contributed by atoms with Gasteiger partial charge in [0.1, 0.15) is 0 Å². The molecule has 6 nitrogen and oxygen atoms in total. The van der Waals surface area contributed by atoms with E-state index in [0.29, 0.717) is 12.5 Å². The third-order valence-electron chi connectivity index (χ3n) is 3.63. The van der Waals surface area contributed by atoms with Gasteiger partial charge >= 0.3 is 0 Å². The highest BCUT2D eigenvalue weighted by Crippen LogP contribution is 2.27. The minimum atomic E-state index is 0.211. The fourth-order valence-electron chi connectivity index (χ4n) is 2.66. The van der Waals surface area contributed by atoms with Crippen LogP contribution in [0.15, 0.2) is 17.4 Å². The molecule has 1 aromatic heterocycles. The van der Waals surface area contributed by atoms with Crippen molar-refractivity contribution in [1.82, 2.24) is 14.7 Å². The second-order valence-electron chi connectivity index (χ2n) is 4.95. The summed E-state index contributed by atoms with van der Waals surface area (Å²) in [6.07, 6.45) is 6.47. The predicted octanol–water partition coefficient (Wildman–Crippen LogP) is 0.271. The fourth-order valence-corrected chi connectivity index (χ4v) is 2.66. The molecule has 0 aromatic carbocycles. The van der Waals surface area contributed by atoms with Crippen molar-refractivity contribution in [3.05, 3.63) is 18.0 Å². The van der Waals surface area contributed by atoms with Gasteiger partial charge in [0.2, 0.25) is 0 Å². The molecule has 1 fully saturated rings. The molecule has 0 radical (unpaired) electrons. The highest BCUT2D eigenvalue weighted by molar-refractivity contribution is 5.80. The van der Waals surface area contributed by atoms with E-state index in [9.17, 15) is 0 Å². The largest absolute Gasteiger partial charge is 0.376 e. The lowest BCUT2D eigenvalue weighted by Crippen LogP contribution is -2.40.